The van der Waals surface area contributed by atoms with Crippen LogP contribution in [0.15, 0.2) is 54.6 Å². The number of halogens is 1. The number of aliphatic hydroxyl groups is 1. The predicted molar refractivity (Wildman–Crippen MR) is 137 cm³/mol. The molecule has 0 aliphatic rings. The fourth-order valence-electron chi connectivity index (χ4n) is 3.82. The summed E-state index contributed by atoms with van der Waals surface area (Å²) in [5.41, 5.74) is 2.31. The number of aryl methyl sites for hydroxylation is 1. The Morgan fingerprint density at radius 2 is 1.69 bits per heavy atom. The molecule has 7 heteroatoms. The van der Waals surface area contributed by atoms with Gasteiger partial charge in [-0.1, -0.05) is 32.0 Å². The maximum absolute atomic E-state index is 13.5. The minimum absolute atomic E-state index is 0.263. The molecule has 2 aromatic carbocycles. The molecule has 190 valence electrons. The summed E-state index contributed by atoms with van der Waals surface area (Å²) in [5.74, 6) is 1.19. The first-order valence-corrected chi connectivity index (χ1v) is 12.1. The van der Waals surface area contributed by atoms with Crippen molar-refractivity contribution in [2.75, 3.05) is 19.7 Å². The summed E-state index contributed by atoms with van der Waals surface area (Å²) in [7, 11) is 0. The van der Waals surface area contributed by atoms with Gasteiger partial charge in [0.15, 0.2) is 0 Å². The van der Waals surface area contributed by atoms with Crippen LogP contribution >= 0.6 is 0 Å². The van der Waals surface area contributed by atoms with Crippen LogP contribution in [0.1, 0.15) is 45.9 Å². The quantitative estimate of drug-likeness (QED) is 0.377. The number of para-hydroxylation sites is 1. The van der Waals surface area contributed by atoms with Gasteiger partial charge in [0.1, 0.15) is 11.6 Å². The Morgan fingerprint density at radius 1 is 1.03 bits per heavy atom. The van der Waals surface area contributed by atoms with E-state index in [9.17, 15) is 9.50 Å². The molecule has 0 saturated carbocycles. The van der Waals surface area contributed by atoms with Crippen molar-refractivity contribution in [3.63, 3.8) is 0 Å². The molecule has 0 saturated heterocycles. The Kier molecular flexibility index (Phi) is 9.05. The zero-order valence-corrected chi connectivity index (χ0v) is 21.7. The second kappa shape index (κ2) is 11.8. The second-order valence-electron chi connectivity index (χ2n) is 10.3. The molecule has 1 N–H and O–H groups in total. The summed E-state index contributed by atoms with van der Waals surface area (Å²) in [6.07, 6.45) is -0.626. The molecule has 0 radical (unpaired) electrons. The molecule has 3 aromatic rings. The van der Waals surface area contributed by atoms with E-state index < -0.39 is 6.10 Å². The average molecular weight is 484 g/mol. The van der Waals surface area contributed by atoms with Crippen LogP contribution in [0.25, 0.3) is 5.69 Å². The van der Waals surface area contributed by atoms with E-state index in [4.69, 9.17) is 14.6 Å². The van der Waals surface area contributed by atoms with Crippen molar-refractivity contribution >= 4 is 0 Å². The van der Waals surface area contributed by atoms with Crippen molar-refractivity contribution in [1.82, 2.24) is 14.7 Å². The van der Waals surface area contributed by atoms with Gasteiger partial charge in [0.2, 0.25) is 5.88 Å². The third kappa shape index (κ3) is 8.16. The number of benzene rings is 2. The fourth-order valence-corrected chi connectivity index (χ4v) is 3.82. The molecule has 0 unspecified atom stereocenters. The van der Waals surface area contributed by atoms with Gasteiger partial charge in [-0.3, -0.25) is 4.90 Å². The molecule has 0 spiro atoms. The summed E-state index contributed by atoms with van der Waals surface area (Å²) < 4.78 is 27.4. The third-order valence-corrected chi connectivity index (χ3v) is 5.35. The highest BCUT2D eigenvalue weighted by Crippen LogP contribution is 2.32. The van der Waals surface area contributed by atoms with Gasteiger partial charge < -0.3 is 14.6 Å². The highest BCUT2D eigenvalue weighted by Gasteiger charge is 2.24. The highest BCUT2D eigenvalue weighted by atomic mass is 19.1. The molecule has 3 rings (SSSR count). The van der Waals surface area contributed by atoms with Crippen LogP contribution in [0.5, 0.6) is 11.6 Å². The molecule has 0 aliphatic heterocycles. The third-order valence-electron chi connectivity index (χ3n) is 5.35. The lowest BCUT2D eigenvalue weighted by atomic mass is 10.1. The van der Waals surface area contributed by atoms with Crippen molar-refractivity contribution in [3.05, 3.63) is 71.7 Å². The van der Waals surface area contributed by atoms with Crippen molar-refractivity contribution in [2.24, 2.45) is 5.92 Å². The van der Waals surface area contributed by atoms with Crippen molar-refractivity contribution in [2.45, 2.75) is 59.8 Å². The molecular weight excluding hydrogens is 445 g/mol. The molecular formula is C28H38FN3O3. The molecule has 0 bridgehead atoms. The number of hydrogen-bond donors (Lipinski definition) is 1. The van der Waals surface area contributed by atoms with Crippen LogP contribution in [-0.2, 0) is 11.3 Å². The minimum Gasteiger partial charge on any atom is -0.439 e. The summed E-state index contributed by atoms with van der Waals surface area (Å²) in [5, 5.41) is 15.5. The zero-order valence-electron chi connectivity index (χ0n) is 21.7. The van der Waals surface area contributed by atoms with E-state index in [1.807, 2.05) is 58.0 Å². The van der Waals surface area contributed by atoms with Gasteiger partial charge in [-0.15, -0.1) is 0 Å². The largest absolute Gasteiger partial charge is 0.439 e. The summed E-state index contributed by atoms with van der Waals surface area (Å²) in [6, 6.07) is 15.7. The molecule has 0 aliphatic carbocycles. The Balaban J connectivity index is 1.92. The SMILES string of the molecule is Cc1nn(-c2ccccc2)c(Oc2ccc(F)cc2)c1CN(CC(C)C)C[C@H](O)COC(C)(C)C. The predicted octanol–water partition coefficient (Wildman–Crippen LogP) is 5.75. The van der Waals surface area contributed by atoms with Crippen molar-refractivity contribution < 1.29 is 19.0 Å². The van der Waals surface area contributed by atoms with Gasteiger partial charge in [-0.25, -0.2) is 9.07 Å². The van der Waals surface area contributed by atoms with Crippen LogP contribution in [0.2, 0.25) is 0 Å². The first-order chi connectivity index (χ1) is 16.5. The van der Waals surface area contributed by atoms with Crippen molar-refractivity contribution in [1.29, 1.82) is 0 Å². The zero-order chi connectivity index (χ0) is 25.6. The van der Waals surface area contributed by atoms with E-state index in [2.05, 4.69) is 18.7 Å². The van der Waals surface area contributed by atoms with E-state index in [-0.39, 0.29) is 18.0 Å². The number of aromatic nitrogens is 2. The molecule has 0 amide bonds. The lowest BCUT2D eigenvalue weighted by Gasteiger charge is -2.28. The van der Waals surface area contributed by atoms with Gasteiger partial charge in [-0.2, -0.15) is 5.10 Å². The molecule has 35 heavy (non-hydrogen) atoms. The van der Waals surface area contributed by atoms with Crippen molar-refractivity contribution in [3.8, 4) is 17.3 Å². The Hall–Kier alpha value is -2.74. The van der Waals surface area contributed by atoms with Crippen LogP contribution in [0.4, 0.5) is 4.39 Å². The van der Waals surface area contributed by atoms with Crippen LogP contribution in [0.3, 0.4) is 0 Å². The smallest absolute Gasteiger partial charge is 0.227 e. The lowest BCUT2D eigenvalue weighted by Crippen LogP contribution is -2.38. The Bertz CT molecular complexity index is 1060. The molecule has 0 fully saturated rings. The van der Waals surface area contributed by atoms with E-state index in [1.54, 1.807) is 16.8 Å². The summed E-state index contributed by atoms with van der Waals surface area (Å²) in [4.78, 5) is 2.21. The first-order valence-electron chi connectivity index (χ1n) is 12.1. The molecule has 6 nitrogen and oxygen atoms in total. The minimum atomic E-state index is -0.626. The normalized spacial score (nSPS) is 13.0. The fraction of sp³-hybridized carbons (Fsp3) is 0.464. The number of aliphatic hydroxyl groups excluding tert-OH is 1. The van der Waals surface area contributed by atoms with Gasteiger partial charge in [0, 0.05) is 19.6 Å². The van der Waals surface area contributed by atoms with E-state index in [1.165, 1.54) is 12.1 Å². The topological polar surface area (TPSA) is 59.8 Å². The van der Waals surface area contributed by atoms with Crippen LogP contribution < -0.4 is 4.74 Å². The molecule has 1 heterocycles. The standard InChI is InChI=1S/C28H38FN3O3/c1-20(2)16-31(17-24(33)19-34-28(4,5)6)18-26-21(3)30-32(23-10-8-7-9-11-23)27(26)35-25-14-12-22(29)13-15-25/h7-15,20,24,33H,16-19H2,1-6H3/t24-/m0/s1. The van der Waals surface area contributed by atoms with Gasteiger partial charge in [0.05, 0.1) is 35.3 Å². The average Bonchev–Trinajstić information content (AvgIpc) is 3.08. The summed E-state index contributed by atoms with van der Waals surface area (Å²) >= 11 is 0. The highest BCUT2D eigenvalue weighted by molar-refractivity contribution is 5.43. The van der Waals surface area contributed by atoms with Gasteiger partial charge in [0.25, 0.3) is 0 Å². The Morgan fingerprint density at radius 3 is 2.29 bits per heavy atom. The second-order valence-corrected chi connectivity index (χ2v) is 10.3. The first kappa shape index (κ1) is 26.9. The number of nitrogens with zero attached hydrogens (tertiary/aromatic N) is 3. The van der Waals surface area contributed by atoms with Crippen LogP contribution in [0, 0.1) is 18.7 Å². The Labute approximate surface area is 208 Å². The number of hydrogen-bond acceptors (Lipinski definition) is 5. The summed E-state index contributed by atoms with van der Waals surface area (Å²) in [6.45, 7) is 14.3. The van der Waals surface area contributed by atoms with E-state index in [0.29, 0.717) is 30.6 Å². The van der Waals surface area contributed by atoms with E-state index >= 15 is 0 Å². The maximum Gasteiger partial charge on any atom is 0.227 e. The molecule has 1 aromatic heterocycles. The molecule has 1 atom stereocenters. The van der Waals surface area contributed by atoms with Gasteiger partial charge >= 0.3 is 0 Å². The lowest BCUT2D eigenvalue weighted by molar-refractivity contribution is -0.0573. The van der Waals surface area contributed by atoms with Crippen LogP contribution in [-0.4, -0.2) is 51.2 Å². The maximum atomic E-state index is 13.5. The van der Waals surface area contributed by atoms with Gasteiger partial charge in [-0.05, 0) is 70.0 Å². The number of ether oxygens (including phenoxy) is 2. The monoisotopic (exact) mass is 483 g/mol. The van der Waals surface area contributed by atoms with E-state index in [0.717, 1.165) is 23.5 Å². The number of rotatable bonds is 11.